The van der Waals surface area contributed by atoms with Crippen molar-refractivity contribution < 1.29 is 9.32 Å². The molecule has 0 atom stereocenters. The van der Waals surface area contributed by atoms with E-state index >= 15 is 0 Å². The first kappa shape index (κ1) is 17.9. The van der Waals surface area contributed by atoms with E-state index in [4.69, 9.17) is 4.52 Å². The maximum Gasteiger partial charge on any atom is 0.255 e. The molecule has 1 aliphatic heterocycles. The van der Waals surface area contributed by atoms with E-state index in [0.29, 0.717) is 30.4 Å². The van der Waals surface area contributed by atoms with Crippen molar-refractivity contribution in [2.24, 2.45) is 0 Å². The van der Waals surface area contributed by atoms with Gasteiger partial charge in [-0.25, -0.2) is 0 Å². The second-order valence-electron chi connectivity index (χ2n) is 6.78. The lowest BCUT2D eigenvalue weighted by molar-refractivity contribution is 0.0704. The first-order chi connectivity index (χ1) is 13.1. The van der Waals surface area contributed by atoms with E-state index in [2.05, 4.69) is 31.1 Å². The lowest BCUT2D eigenvalue weighted by Gasteiger charge is -2.30. The van der Waals surface area contributed by atoms with E-state index in [1.54, 1.807) is 18.5 Å². The predicted molar refractivity (Wildman–Crippen MR) is 104 cm³/mol. The Morgan fingerprint density at radius 2 is 1.93 bits per heavy atom. The number of rotatable bonds is 3. The highest BCUT2D eigenvalue weighted by molar-refractivity contribution is 9.10. The van der Waals surface area contributed by atoms with Crippen LogP contribution in [0.1, 0.15) is 40.6 Å². The van der Waals surface area contributed by atoms with Crippen molar-refractivity contribution in [1.82, 2.24) is 20.0 Å². The van der Waals surface area contributed by atoms with Gasteiger partial charge in [0.05, 0.1) is 5.56 Å². The largest absolute Gasteiger partial charge is 0.339 e. The summed E-state index contributed by atoms with van der Waals surface area (Å²) in [6, 6.07) is 9.86. The molecule has 0 N–H and O–H groups in total. The highest BCUT2D eigenvalue weighted by Gasteiger charge is 2.28. The van der Waals surface area contributed by atoms with Gasteiger partial charge in [0.15, 0.2) is 0 Å². The van der Waals surface area contributed by atoms with Gasteiger partial charge in [0.2, 0.25) is 11.7 Å². The number of aryl methyl sites for hydroxylation is 1. The zero-order valence-electron chi connectivity index (χ0n) is 14.9. The number of piperidine rings is 1. The third-order valence-corrected chi connectivity index (χ3v) is 5.27. The van der Waals surface area contributed by atoms with Crippen LogP contribution in [0.3, 0.4) is 0 Å². The fourth-order valence-electron chi connectivity index (χ4n) is 3.26. The number of hydrogen-bond donors (Lipinski definition) is 0. The average molecular weight is 427 g/mol. The molecule has 0 unspecified atom stereocenters. The first-order valence-electron chi connectivity index (χ1n) is 8.90. The number of nitrogens with zero attached hydrogens (tertiary/aromatic N) is 4. The summed E-state index contributed by atoms with van der Waals surface area (Å²) >= 11 is 3.36. The minimum Gasteiger partial charge on any atom is -0.339 e. The van der Waals surface area contributed by atoms with Gasteiger partial charge >= 0.3 is 0 Å². The van der Waals surface area contributed by atoms with Gasteiger partial charge in [0, 0.05) is 41.4 Å². The summed E-state index contributed by atoms with van der Waals surface area (Å²) in [5.41, 5.74) is 2.74. The van der Waals surface area contributed by atoms with Crippen LogP contribution in [-0.2, 0) is 0 Å². The summed E-state index contributed by atoms with van der Waals surface area (Å²) < 4.78 is 6.31. The normalized spacial score (nSPS) is 15.1. The molecule has 1 saturated heterocycles. The molecule has 0 saturated carbocycles. The van der Waals surface area contributed by atoms with E-state index in [1.165, 1.54) is 5.56 Å². The average Bonchev–Trinajstić information content (AvgIpc) is 3.18. The molecule has 6 nitrogen and oxygen atoms in total. The van der Waals surface area contributed by atoms with Crippen molar-refractivity contribution in [2.75, 3.05) is 13.1 Å². The smallest absolute Gasteiger partial charge is 0.255 e. The number of benzene rings is 1. The summed E-state index contributed by atoms with van der Waals surface area (Å²) in [5.74, 6) is 1.46. The molecule has 0 radical (unpaired) electrons. The topological polar surface area (TPSA) is 72.1 Å². The molecule has 3 aromatic rings. The number of likely N-dealkylation sites (tertiary alicyclic amines) is 1. The zero-order chi connectivity index (χ0) is 18.8. The first-order valence-corrected chi connectivity index (χ1v) is 9.70. The Labute approximate surface area is 165 Å². The monoisotopic (exact) mass is 426 g/mol. The molecule has 0 spiro atoms. The summed E-state index contributed by atoms with van der Waals surface area (Å²) in [5, 5.41) is 4.12. The van der Waals surface area contributed by atoms with Gasteiger partial charge in [-0.2, -0.15) is 4.98 Å². The van der Waals surface area contributed by atoms with E-state index in [1.807, 2.05) is 36.1 Å². The van der Waals surface area contributed by atoms with Crippen molar-refractivity contribution in [3.05, 3.63) is 64.2 Å². The molecule has 3 heterocycles. The third-order valence-electron chi connectivity index (χ3n) is 4.83. The lowest BCUT2D eigenvalue weighted by Crippen LogP contribution is -2.38. The predicted octanol–water partition coefficient (Wildman–Crippen LogP) is 4.22. The van der Waals surface area contributed by atoms with Crippen LogP contribution in [0.25, 0.3) is 11.4 Å². The number of aromatic nitrogens is 3. The Morgan fingerprint density at radius 3 is 2.63 bits per heavy atom. The molecule has 4 rings (SSSR count). The van der Waals surface area contributed by atoms with Crippen molar-refractivity contribution in [3.63, 3.8) is 0 Å². The maximum absolute atomic E-state index is 12.6. The van der Waals surface area contributed by atoms with Gasteiger partial charge in [-0.15, -0.1) is 0 Å². The molecule has 1 fully saturated rings. The summed E-state index contributed by atoms with van der Waals surface area (Å²) in [6.45, 7) is 3.38. The molecule has 1 aromatic carbocycles. The highest BCUT2D eigenvalue weighted by Crippen LogP contribution is 2.29. The molecule has 1 amide bonds. The number of halogens is 1. The van der Waals surface area contributed by atoms with Crippen molar-refractivity contribution in [1.29, 1.82) is 0 Å². The van der Waals surface area contributed by atoms with E-state index < -0.39 is 0 Å². The lowest BCUT2D eigenvalue weighted by atomic mass is 9.96. The van der Waals surface area contributed by atoms with Crippen LogP contribution < -0.4 is 0 Å². The minimum atomic E-state index is 0.00752. The Balaban J connectivity index is 1.41. The van der Waals surface area contributed by atoms with E-state index in [-0.39, 0.29) is 11.8 Å². The van der Waals surface area contributed by atoms with E-state index in [9.17, 15) is 4.79 Å². The quantitative estimate of drug-likeness (QED) is 0.626. The zero-order valence-corrected chi connectivity index (χ0v) is 16.5. The number of carbonyl (C=O) groups is 1. The van der Waals surface area contributed by atoms with Crippen LogP contribution in [-0.4, -0.2) is 39.0 Å². The van der Waals surface area contributed by atoms with E-state index in [0.717, 1.165) is 22.9 Å². The molecule has 138 valence electrons. The molecule has 1 aliphatic rings. The van der Waals surface area contributed by atoms with Crippen LogP contribution in [0.4, 0.5) is 0 Å². The minimum absolute atomic E-state index is 0.00752. The number of pyridine rings is 1. The Kier molecular flexibility index (Phi) is 5.03. The summed E-state index contributed by atoms with van der Waals surface area (Å²) in [7, 11) is 0. The number of hydrogen-bond acceptors (Lipinski definition) is 5. The maximum atomic E-state index is 12.6. The van der Waals surface area contributed by atoms with Crippen LogP contribution >= 0.6 is 15.9 Å². The summed E-state index contributed by atoms with van der Waals surface area (Å²) in [6.07, 6.45) is 4.89. The van der Waals surface area contributed by atoms with Gasteiger partial charge in [-0.1, -0.05) is 35.0 Å². The standard InChI is InChI=1S/C20H19BrN4O2/c1-13-2-4-14(5-3-13)18-23-19(27-24-18)15-6-8-25(9-7-15)20(26)16-10-17(21)12-22-11-16/h2-5,10-12,15H,6-9H2,1H3. The van der Waals surface area contributed by atoms with Gasteiger partial charge in [-0.05, 0) is 41.8 Å². The van der Waals surface area contributed by atoms with Gasteiger partial charge < -0.3 is 9.42 Å². The van der Waals surface area contributed by atoms with Crippen molar-refractivity contribution in [3.8, 4) is 11.4 Å². The van der Waals surface area contributed by atoms with Crippen molar-refractivity contribution >= 4 is 21.8 Å². The Bertz CT molecular complexity index is 947. The Hall–Kier alpha value is -2.54. The second kappa shape index (κ2) is 7.60. The third kappa shape index (κ3) is 3.93. The number of carbonyl (C=O) groups excluding carboxylic acids is 1. The SMILES string of the molecule is Cc1ccc(-c2noc(C3CCN(C(=O)c4cncc(Br)c4)CC3)n2)cc1. The Morgan fingerprint density at radius 1 is 1.19 bits per heavy atom. The molecular formula is C20H19BrN4O2. The van der Waals surface area contributed by atoms with Crippen molar-refractivity contribution in [2.45, 2.75) is 25.7 Å². The molecule has 0 bridgehead atoms. The van der Waals surface area contributed by atoms with Gasteiger partial charge in [0.1, 0.15) is 0 Å². The molecule has 27 heavy (non-hydrogen) atoms. The molecular weight excluding hydrogens is 408 g/mol. The van der Waals surface area contributed by atoms with Crippen LogP contribution in [0.15, 0.2) is 51.7 Å². The highest BCUT2D eigenvalue weighted by atomic mass is 79.9. The number of amides is 1. The van der Waals surface area contributed by atoms with Gasteiger partial charge in [-0.3, -0.25) is 9.78 Å². The van der Waals surface area contributed by atoms with Crippen LogP contribution in [0.5, 0.6) is 0 Å². The van der Waals surface area contributed by atoms with Gasteiger partial charge in [0.25, 0.3) is 5.91 Å². The molecule has 0 aliphatic carbocycles. The van der Waals surface area contributed by atoms with Crippen LogP contribution in [0.2, 0.25) is 0 Å². The summed E-state index contributed by atoms with van der Waals surface area (Å²) in [4.78, 5) is 23.1. The molecule has 2 aromatic heterocycles. The fourth-order valence-corrected chi connectivity index (χ4v) is 3.63. The van der Waals surface area contributed by atoms with Crippen LogP contribution in [0, 0.1) is 6.92 Å². The molecule has 7 heteroatoms. The second-order valence-corrected chi connectivity index (χ2v) is 7.70. The fraction of sp³-hybridized carbons (Fsp3) is 0.300.